The zero-order valence-corrected chi connectivity index (χ0v) is 13.8. The molecule has 3 rings (SSSR count). The minimum absolute atomic E-state index is 0.155. The van der Waals surface area contributed by atoms with Gasteiger partial charge < -0.3 is 4.74 Å². The van der Waals surface area contributed by atoms with E-state index in [1.807, 2.05) is 31.2 Å². The highest BCUT2D eigenvalue weighted by molar-refractivity contribution is 6.30. The minimum atomic E-state index is -0.533. The van der Waals surface area contributed by atoms with Crippen LogP contribution in [0, 0.1) is 6.92 Å². The van der Waals surface area contributed by atoms with Crippen LogP contribution in [0.15, 0.2) is 24.3 Å². The van der Waals surface area contributed by atoms with Crippen LogP contribution in [0.3, 0.4) is 0 Å². The molecular formula is C16H15ClN4O2. The molecule has 0 aliphatic rings. The number of hydrogen-bond acceptors (Lipinski definition) is 5. The van der Waals surface area contributed by atoms with Crippen molar-refractivity contribution in [1.82, 2.24) is 19.8 Å². The number of rotatable bonds is 3. The first-order valence-corrected chi connectivity index (χ1v) is 7.53. The number of fused-ring (bicyclic) bond motifs is 1. The van der Waals surface area contributed by atoms with E-state index in [9.17, 15) is 4.79 Å². The molecule has 3 aromatic rings. The second-order valence-corrected chi connectivity index (χ2v) is 5.48. The molecule has 0 unspecified atom stereocenters. The molecule has 6 nitrogen and oxygen atoms in total. The molecule has 0 fully saturated rings. The fourth-order valence-corrected chi connectivity index (χ4v) is 2.71. The van der Waals surface area contributed by atoms with Gasteiger partial charge in [-0.3, -0.25) is 0 Å². The summed E-state index contributed by atoms with van der Waals surface area (Å²) in [5, 5.41) is 13.4. The molecule has 0 bridgehead atoms. The molecule has 23 heavy (non-hydrogen) atoms. The molecule has 7 heteroatoms. The Hall–Kier alpha value is -2.47. The number of ether oxygens (including phenoxy) is 1. The Kier molecular flexibility index (Phi) is 4.00. The zero-order valence-electron chi connectivity index (χ0n) is 13.0. The lowest BCUT2D eigenvalue weighted by Crippen LogP contribution is -2.12. The average molecular weight is 331 g/mol. The van der Waals surface area contributed by atoms with E-state index in [0.717, 1.165) is 23.2 Å². The van der Waals surface area contributed by atoms with E-state index in [2.05, 4.69) is 15.3 Å². The van der Waals surface area contributed by atoms with E-state index in [4.69, 9.17) is 16.3 Å². The van der Waals surface area contributed by atoms with Gasteiger partial charge in [-0.05, 0) is 31.0 Å². The van der Waals surface area contributed by atoms with Crippen LogP contribution in [-0.4, -0.2) is 32.9 Å². The zero-order chi connectivity index (χ0) is 16.6. The van der Waals surface area contributed by atoms with Crippen LogP contribution in [0.4, 0.5) is 0 Å². The normalized spacial score (nSPS) is 11.0. The summed E-state index contributed by atoms with van der Waals surface area (Å²) in [5.41, 5.74) is 4.00. The van der Waals surface area contributed by atoms with Gasteiger partial charge >= 0.3 is 5.97 Å². The van der Waals surface area contributed by atoms with E-state index in [1.54, 1.807) is 11.4 Å². The summed E-state index contributed by atoms with van der Waals surface area (Å²) in [4.78, 5) is 11.8. The molecule has 2 heterocycles. The lowest BCUT2D eigenvalue weighted by Gasteiger charge is -2.05. The van der Waals surface area contributed by atoms with Crippen LogP contribution in [0.5, 0.6) is 0 Å². The number of nitrogens with zero attached hydrogens (tertiary/aromatic N) is 4. The highest BCUT2D eigenvalue weighted by Gasteiger charge is 2.21. The van der Waals surface area contributed by atoms with Crippen LogP contribution < -0.4 is 0 Å². The first-order valence-electron chi connectivity index (χ1n) is 7.16. The van der Waals surface area contributed by atoms with Crippen molar-refractivity contribution in [3.8, 4) is 11.1 Å². The average Bonchev–Trinajstić information content (AvgIpc) is 2.94. The van der Waals surface area contributed by atoms with Gasteiger partial charge in [0.25, 0.3) is 0 Å². The second-order valence-electron chi connectivity index (χ2n) is 5.05. The van der Waals surface area contributed by atoms with E-state index < -0.39 is 5.97 Å². The third-order valence-corrected chi connectivity index (χ3v) is 3.90. The van der Waals surface area contributed by atoms with Crippen LogP contribution in [0.2, 0.25) is 5.02 Å². The Morgan fingerprint density at radius 1 is 1.35 bits per heavy atom. The second kappa shape index (κ2) is 5.96. The summed E-state index contributed by atoms with van der Waals surface area (Å²) in [5.74, 6) is -0.533. The molecule has 0 radical (unpaired) electrons. The van der Waals surface area contributed by atoms with E-state index in [1.165, 1.54) is 7.11 Å². The molecule has 1 aromatic carbocycles. The molecule has 118 valence electrons. The van der Waals surface area contributed by atoms with Crippen LogP contribution in [-0.2, 0) is 11.2 Å². The minimum Gasteiger partial charge on any atom is -0.464 e. The van der Waals surface area contributed by atoms with Gasteiger partial charge in [-0.15, -0.1) is 10.2 Å². The number of benzene rings is 1. The van der Waals surface area contributed by atoms with Gasteiger partial charge in [0.2, 0.25) is 0 Å². The number of halogens is 1. The van der Waals surface area contributed by atoms with Crippen molar-refractivity contribution in [2.45, 2.75) is 20.3 Å². The Balaban J connectivity index is 2.30. The molecule has 0 aliphatic heterocycles. The molecule has 0 aliphatic carbocycles. The summed E-state index contributed by atoms with van der Waals surface area (Å²) < 4.78 is 6.36. The molecule has 2 aromatic heterocycles. The van der Waals surface area contributed by atoms with Gasteiger partial charge in [-0.25, -0.2) is 9.31 Å². The number of carbonyl (C=O) groups excluding carboxylic acids is 1. The number of carbonyl (C=O) groups is 1. The van der Waals surface area contributed by atoms with Crippen molar-refractivity contribution >= 4 is 23.2 Å². The van der Waals surface area contributed by atoms with Gasteiger partial charge in [-0.2, -0.15) is 5.10 Å². The van der Waals surface area contributed by atoms with Gasteiger partial charge in [0.1, 0.15) is 0 Å². The predicted octanol–water partition coefficient (Wildman–Crippen LogP) is 3.10. The van der Waals surface area contributed by atoms with Crippen molar-refractivity contribution < 1.29 is 9.53 Å². The number of aryl methyl sites for hydroxylation is 2. The fourth-order valence-electron chi connectivity index (χ4n) is 2.52. The Labute approximate surface area is 138 Å². The summed E-state index contributed by atoms with van der Waals surface area (Å²) in [7, 11) is 1.31. The van der Waals surface area contributed by atoms with Crippen molar-refractivity contribution in [1.29, 1.82) is 0 Å². The monoisotopic (exact) mass is 330 g/mol. The molecule has 0 amide bonds. The lowest BCUT2D eigenvalue weighted by molar-refractivity contribution is 0.0590. The maximum Gasteiger partial charge on any atom is 0.360 e. The number of methoxy groups -OCH3 is 1. The quantitative estimate of drug-likeness (QED) is 0.690. The Bertz CT molecular complexity index is 904. The summed E-state index contributed by atoms with van der Waals surface area (Å²) in [6.45, 7) is 3.78. The first kappa shape index (κ1) is 15.4. The van der Waals surface area contributed by atoms with Gasteiger partial charge in [0, 0.05) is 5.02 Å². The molecule has 0 N–H and O–H groups in total. The maximum absolute atomic E-state index is 11.8. The standard InChI is InChI=1S/C16H15ClN4O2/c1-4-12-13(10-6-5-7-11(17)8-10)15-19-18-14(16(22)23-3)9(2)21(15)20-12/h5-8H,4H2,1-3H3. The van der Waals surface area contributed by atoms with E-state index in [-0.39, 0.29) is 5.69 Å². The topological polar surface area (TPSA) is 69.4 Å². The van der Waals surface area contributed by atoms with Gasteiger partial charge in [0.05, 0.1) is 24.1 Å². The van der Waals surface area contributed by atoms with Crippen molar-refractivity contribution in [3.05, 3.63) is 46.4 Å². The van der Waals surface area contributed by atoms with E-state index in [0.29, 0.717) is 16.4 Å². The fraction of sp³-hybridized carbons (Fsp3) is 0.250. The molecule has 0 saturated heterocycles. The van der Waals surface area contributed by atoms with Crippen LogP contribution in [0.1, 0.15) is 28.8 Å². The Morgan fingerprint density at radius 2 is 2.13 bits per heavy atom. The summed E-state index contributed by atoms with van der Waals surface area (Å²) in [6.07, 6.45) is 0.720. The largest absolute Gasteiger partial charge is 0.464 e. The Morgan fingerprint density at radius 3 is 2.78 bits per heavy atom. The third-order valence-electron chi connectivity index (χ3n) is 3.67. The molecular weight excluding hydrogens is 316 g/mol. The predicted molar refractivity (Wildman–Crippen MR) is 86.7 cm³/mol. The molecule has 0 spiro atoms. The van der Waals surface area contributed by atoms with Crippen molar-refractivity contribution in [2.75, 3.05) is 7.11 Å². The molecule has 0 atom stereocenters. The summed E-state index contributed by atoms with van der Waals surface area (Å²) in [6, 6.07) is 7.51. The van der Waals surface area contributed by atoms with E-state index >= 15 is 0 Å². The maximum atomic E-state index is 11.8. The SMILES string of the molecule is CCc1nn2c(C)c(C(=O)OC)nnc2c1-c1cccc(Cl)c1. The number of hydrogen-bond donors (Lipinski definition) is 0. The molecule has 0 saturated carbocycles. The van der Waals surface area contributed by atoms with Crippen molar-refractivity contribution in [3.63, 3.8) is 0 Å². The van der Waals surface area contributed by atoms with Crippen LogP contribution in [0.25, 0.3) is 16.8 Å². The number of aromatic nitrogens is 4. The van der Waals surface area contributed by atoms with Gasteiger partial charge in [-0.1, -0.05) is 30.7 Å². The third kappa shape index (κ3) is 2.55. The van der Waals surface area contributed by atoms with Crippen LogP contribution >= 0.6 is 11.6 Å². The smallest absolute Gasteiger partial charge is 0.360 e. The summed E-state index contributed by atoms with van der Waals surface area (Å²) >= 11 is 6.10. The number of esters is 1. The van der Waals surface area contributed by atoms with Crippen molar-refractivity contribution in [2.24, 2.45) is 0 Å². The lowest BCUT2D eigenvalue weighted by atomic mass is 10.0. The highest BCUT2D eigenvalue weighted by atomic mass is 35.5. The highest BCUT2D eigenvalue weighted by Crippen LogP contribution is 2.30. The first-order chi connectivity index (χ1) is 11.1. The van der Waals surface area contributed by atoms with Gasteiger partial charge in [0.15, 0.2) is 11.3 Å².